The fraction of sp³-hybridized carbons (Fsp3) is 0.500. The zero-order chi connectivity index (χ0) is 9.47. The summed E-state index contributed by atoms with van der Waals surface area (Å²) in [6.45, 7) is 7.21. The quantitative estimate of drug-likeness (QED) is 0.599. The molecule has 0 radical (unpaired) electrons. The highest BCUT2D eigenvalue weighted by atomic mass is 31.1. The maximum atomic E-state index is 2.42. The average Bonchev–Trinajstić information content (AvgIpc) is 2.15. The monoisotopic (exact) mass is 192 g/mol. The second kappa shape index (κ2) is 3.10. The van der Waals surface area contributed by atoms with E-state index in [1.807, 2.05) is 0 Å². The molecule has 0 bridgehead atoms. The summed E-state index contributed by atoms with van der Waals surface area (Å²) in [6.07, 6.45) is 1.42. The van der Waals surface area contributed by atoms with Crippen LogP contribution in [0.25, 0.3) is 0 Å². The summed E-state index contributed by atoms with van der Waals surface area (Å²) in [6, 6.07) is 11.0. The van der Waals surface area contributed by atoms with Gasteiger partial charge in [0.25, 0.3) is 0 Å². The van der Waals surface area contributed by atoms with Gasteiger partial charge in [-0.05, 0) is 22.5 Å². The van der Waals surface area contributed by atoms with Crippen LogP contribution in [0.1, 0.15) is 20.8 Å². The van der Waals surface area contributed by atoms with Crippen LogP contribution in [0, 0.1) is 5.92 Å². The van der Waals surface area contributed by atoms with Gasteiger partial charge in [-0.2, -0.15) is 0 Å². The van der Waals surface area contributed by atoms with Crippen molar-refractivity contribution in [1.82, 2.24) is 0 Å². The third-order valence-electron chi connectivity index (χ3n) is 3.43. The molecule has 0 spiro atoms. The fourth-order valence-corrected chi connectivity index (χ4v) is 5.11. The second-order valence-electron chi connectivity index (χ2n) is 4.50. The first-order valence-corrected chi connectivity index (χ1v) is 6.48. The maximum absolute atomic E-state index is 2.42. The summed E-state index contributed by atoms with van der Waals surface area (Å²) in [5.74, 6) is 0.902. The molecule has 0 aromatic heterocycles. The Morgan fingerprint density at radius 2 is 1.85 bits per heavy atom. The van der Waals surface area contributed by atoms with Crippen LogP contribution >= 0.6 is 7.92 Å². The number of hydrogen-bond donors (Lipinski definition) is 0. The summed E-state index contributed by atoms with van der Waals surface area (Å²) in [7, 11) is 0.124. The molecule has 0 saturated carbocycles. The summed E-state index contributed by atoms with van der Waals surface area (Å²) in [5, 5.41) is 2.15. The Hall–Kier alpha value is -0.350. The molecule has 1 aromatic rings. The lowest BCUT2D eigenvalue weighted by Crippen LogP contribution is -2.44. The Kier molecular flexibility index (Phi) is 2.20. The van der Waals surface area contributed by atoms with Crippen LogP contribution in [-0.2, 0) is 0 Å². The van der Waals surface area contributed by atoms with Crippen molar-refractivity contribution in [2.45, 2.75) is 25.9 Å². The van der Waals surface area contributed by atoms with Crippen molar-refractivity contribution in [3.8, 4) is 0 Å². The van der Waals surface area contributed by atoms with E-state index in [9.17, 15) is 0 Å². The SMILES string of the molecule is C[C@@H]1C[P@](c2ccccc2)C1(C)C. The van der Waals surface area contributed by atoms with Crippen molar-refractivity contribution in [3.63, 3.8) is 0 Å². The molecule has 1 heteroatoms. The molecule has 0 unspecified atom stereocenters. The van der Waals surface area contributed by atoms with Crippen molar-refractivity contribution >= 4 is 13.2 Å². The Labute approximate surface area is 82.1 Å². The van der Waals surface area contributed by atoms with Crippen molar-refractivity contribution in [1.29, 1.82) is 0 Å². The Balaban J connectivity index is 2.22. The van der Waals surface area contributed by atoms with Crippen LogP contribution in [0.2, 0.25) is 0 Å². The standard InChI is InChI=1S/C12H17P/c1-10-9-13(12(10,2)3)11-7-5-4-6-8-11/h4-8,10H,9H2,1-3H3/t10-,13-/m1/s1. The van der Waals surface area contributed by atoms with E-state index in [2.05, 4.69) is 51.1 Å². The highest BCUT2D eigenvalue weighted by Crippen LogP contribution is 2.63. The van der Waals surface area contributed by atoms with E-state index >= 15 is 0 Å². The summed E-state index contributed by atoms with van der Waals surface area (Å²) < 4.78 is 0. The number of benzene rings is 1. The van der Waals surface area contributed by atoms with E-state index in [0.29, 0.717) is 5.16 Å². The first kappa shape index (κ1) is 9.21. The highest BCUT2D eigenvalue weighted by molar-refractivity contribution is 7.68. The van der Waals surface area contributed by atoms with Crippen molar-refractivity contribution in [3.05, 3.63) is 30.3 Å². The summed E-state index contributed by atoms with van der Waals surface area (Å²) >= 11 is 0. The molecule has 1 heterocycles. The third kappa shape index (κ3) is 1.42. The molecule has 1 saturated heterocycles. The molecule has 0 amide bonds. The van der Waals surface area contributed by atoms with Crippen LogP contribution in [0.5, 0.6) is 0 Å². The zero-order valence-electron chi connectivity index (χ0n) is 8.62. The molecule has 1 aromatic carbocycles. The molecule has 0 N–H and O–H groups in total. The summed E-state index contributed by atoms with van der Waals surface area (Å²) in [4.78, 5) is 0. The predicted molar refractivity (Wildman–Crippen MR) is 61.1 cm³/mol. The van der Waals surface area contributed by atoms with Gasteiger partial charge in [0.05, 0.1) is 0 Å². The Morgan fingerprint density at radius 3 is 2.31 bits per heavy atom. The topological polar surface area (TPSA) is 0 Å². The van der Waals surface area contributed by atoms with Crippen LogP contribution in [-0.4, -0.2) is 11.3 Å². The minimum Gasteiger partial charge on any atom is -0.0689 e. The molecule has 1 aliphatic rings. The molecular weight excluding hydrogens is 175 g/mol. The fourth-order valence-electron chi connectivity index (χ4n) is 1.93. The van der Waals surface area contributed by atoms with E-state index in [1.165, 1.54) is 6.16 Å². The molecule has 1 fully saturated rings. The van der Waals surface area contributed by atoms with Gasteiger partial charge in [-0.1, -0.05) is 59.0 Å². The van der Waals surface area contributed by atoms with E-state index < -0.39 is 0 Å². The lowest BCUT2D eigenvalue weighted by Gasteiger charge is -2.51. The minimum atomic E-state index is 0.124. The van der Waals surface area contributed by atoms with E-state index in [-0.39, 0.29) is 7.92 Å². The first-order valence-electron chi connectivity index (χ1n) is 4.95. The summed E-state index contributed by atoms with van der Waals surface area (Å²) in [5.41, 5.74) is 0. The molecule has 0 aliphatic carbocycles. The van der Waals surface area contributed by atoms with Crippen molar-refractivity contribution in [2.75, 3.05) is 6.16 Å². The number of hydrogen-bond acceptors (Lipinski definition) is 0. The average molecular weight is 192 g/mol. The van der Waals surface area contributed by atoms with Gasteiger partial charge in [0.1, 0.15) is 0 Å². The molecule has 2 atom stereocenters. The van der Waals surface area contributed by atoms with Crippen molar-refractivity contribution in [2.24, 2.45) is 5.92 Å². The van der Waals surface area contributed by atoms with Gasteiger partial charge in [0.2, 0.25) is 0 Å². The normalized spacial score (nSPS) is 31.0. The van der Waals surface area contributed by atoms with E-state index in [1.54, 1.807) is 5.30 Å². The molecule has 70 valence electrons. The van der Waals surface area contributed by atoms with Gasteiger partial charge >= 0.3 is 0 Å². The number of rotatable bonds is 1. The minimum absolute atomic E-state index is 0.124. The molecule has 13 heavy (non-hydrogen) atoms. The van der Waals surface area contributed by atoms with E-state index in [0.717, 1.165) is 5.92 Å². The van der Waals surface area contributed by atoms with Gasteiger partial charge in [-0.15, -0.1) is 0 Å². The Bertz CT molecular complexity index is 289. The molecule has 1 aliphatic heterocycles. The van der Waals surface area contributed by atoms with Gasteiger partial charge in [0.15, 0.2) is 0 Å². The van der Waals surface area contributed by atoms with Crippen LogP contribution in [0.3, 0.4) is 0 Å². The molecule has 0 nitrogen and oxygen atoms in total. The van der Waals surface area contributed by atoms with Crippen LogP contribution in [0.15, 0.2) is 30.3 Å². The van der Waals surface area contributed by atoms with E-state index in [4.69, 9.17) is 0 Å². The Morgan fingerprint density at radius 1 is 1.23 bits per heavy atom. The highest BCUT2D eigenvalue weighted by Gasteiger charge is 2.45. The van der Waals surface area contributed by atoms with Crippen LogP contribution in [0.4, 0.5) is 0 Å². The lowest BCUT2D eigenvalue weighted by molar-refractivity contribution is 0.453. The third-order valence-corrected chi connectivity index (χ3v) is 7.09. The zero-order valence-corrected chi connectivity index (χ0v) is 9.51. The van der Waals surface area contributed by atoms with Crippen molar-refractivity contribution < 1.29 is 0 Å². The maximum Gasteiger partial charge on any atom is -0.00817 e. The second-order valence-corrected chi connectivity index (χ2v) is 7.39. The predicted octanol–water partition coefficient (Wildman–Crippen LogP) is 3.22. The first-order chi connectivity index (χ1) is 6.12. The molecule has 2 rings (SSSR count). The van der Waals surface area contributed by atoms with Gasteiger partial charge in [-0.25, -0.2) is 0 Å². The molecular formula is C12H17P. The van der Waals surface area contributed by atoms with Gasteiger partial charge in [-0.3, -0.25) is 0 Å². The largest absolute Gasteiger partial charge is 0.0689 e. The van der Waals surface area contributed by atoms with Crippen LogP contribution < -0.4 is 5.30 Å². The smallest absolute Gasteiger partial charge is 0.00817 e. The lowest BCUT2D eigenvalue weighted by atomic mass is 9.97. The van der Waals surface area contributed by atoms with Gasteiger partial charge in [0, 0.05) is 0 Å². The van der Waals surface area contributed by atoms with Gasteiger partial charge < -0.3 is 0 Å².